The second-order valence-electron chi connectivity index (χ2n) is 5.15. The van der Waals surface area contributed by atoms with Gasteiger partial charge >= 0.3 is 0 Å². The highest BCUT2D eigenvalue weighted by Crippen LogP contribution is 2.25. The number of aryl methyl sites for hydroxylation is 1. The molecule has 0 saturated carbocycles. The van der Waals surface area contributed by atoms with E-state index in [-0.39, 0.29) is 21.5 Å². The maximum absolute atomic E-state index is 12.6. The Kier molecular flexibility index (Phi) is 4.15. The highest BCUT2D eigenvalue weighted by molar-refractivity contribution is 7.89. The highest BCUT2D eigenvalue weighted by Gasteiger charge is 2.25. The van der Waals surface area contributed by atoms with Gasteiger partial charge in [-0.25, -0.2) is 8.42 Å². The summed E-state index contributed by atoms with van der Waals surface area (Å²) in [4.78, 5) is 0.0636. The van der Waals surface area contributed by atoms with Crippen molar-refractivity contribution in [2.24, 2.45) is 0 Å². The lowest BCUT2D eigenvalue weighted by Gasteiger charge is -2.17. The van der Waals surface area contributed by atoms with E-state index in [4.69, 9.17) is 23.2 Å². The first kappa shape index (κ1) is 15.7. The van der Waals surface area contributed by atoms with E-state index >= 15 is 0 Å². The highest BCUT2D eigenvalue weighted by atomic mass is 35.5. The number of rotatable bonds is 4. The minimum atomic E-state index is -3.69. The van der Waals surface area contributed by atoms with Crippen molar-refractivity contribution in [1.82, 2.24) is 19.1 Å². The molecule has 2 heterocycles. The third-order valence-electron chi connectivity index (χ3n) is 3.59. The number of aromatic nitrogens is 3. The SMILES string of the molecule is CN(Cc1nnc2n1CCC2)S(=O)(=O)c1cc(Cl)cc(Cl)c1. The van der Waals surface area contributed by atoms with Crippen molar-refractivity contribution < 1.29 is 8.42 Å². The van der Waals surface area contributed by atoms with Crippen LogP contribution < -0.4 is 0 Å². The largest absolute Gasteiger partial charge is 0.314 e. The van der Waals surface area contributed by atoms with E-state index in [1.807, 2.05) is 4.57 Å². The number of sulfonamides is 1. The molecule has 1 aromatic heterocycles. The molecule has 0 saturated heterocycles. The van der Waals surface area contributed by atoms with E-state index in [9.17, 15) is 8.42 Å². The molecule has 0 fully saturated rings. The average Bonchev–Trinajstić information content (AvgIpc) is 3.02. The van der Waals surface area contributed by atoms with Crippen molar-refractivity contribution in [1.29, 1.82) is 0 Å². The van der Waals surface area contributed by atoms with Crippen LogP contribution in [0.3, 0.4) is 0 Å². The summed E-state index contributed by atoms with van der Waals surface area (Å²) in [5.74, 6) is 1.55. The second-order valence-corrected chi connectivity index (χ2v) is 8.07. The molecule has 22 heavy (non-hydrogen) atoms. The fraction of sp³-hybridized carbons (Fsp3) is 0.385. The topological polar surface area (TPSA) is 68.1 Å². The Balaban J connectivity index is 1.88. The van der Waals surface area contributed by atoms with Gasteiger partial charge in [0.05, 0.1) is 11.4 Å². The molecule has 3 rings (SSSR count). The summed E-state index contributed by atoms with van der Waals surface area (Å²) in [6.07, 6.45) is 1.89. The third kappa shape index (κ3) is 2.86. The minimum Gasteiger partial charge on any atom is -0.314 e. The monoisotopic (exact) mass is 360 g/mol. The van der Waals surface area contributed by atoms with E-state index in [0.29, 0.717) is 5.82 Å². The molecule has 6 nitrogen and oxygen atoms in total. The van der Waals surface area contributed by atoms with Gasteiger partial charge in [0.2, 0.25) is 10.0 Å². The molecule has 1 aliphatic rings. The number of benzene rings is 1. The fourth-order valence-corrected chi connectivity index (χ4v) is 4.32. The van der Waals surface area contributed by atoms with Crippen LogP contribution >= 0.6 is 23.2 Å². The van der Waals surface area contributed by atoms with E-state index in [0.717, 1.165) is 25.2 Å². The molecule has 118 valence electrons. The second kappa shape index (κ2) is 5.81. The molecule has 0 radical (unpaired) electrons. The van der Waals surface area contributed by atoms with Gasteiger partial charge in [0, 0.05) is 30.1 Å². The number of halogens is 2. The predicted octanol–water partition coefficient (Wildman–Crippen LogP) is 2.35. The molecular weight excluding hydrogens is 347 g/mol. The van der Waals surface area contributed by atoms with Gasteiger partial charge in [0.1, 0.15) is 11.6 Å². The van der Waals surface area contributed by atoms with Gasteiger partial charge in [-0.05, 0) is 24.6 Å². The van der Waals surface area contributed by atoms with E-state index < -0.39 is 10.0 Å². The number of fused-ring (bicyclic) bond motifs is 1. The Morgan fingerprint density at radius 1 is 1.23 bits per heavy atom. The standard InChI is InChI=1S/C13H14Cl2N4O2S/c1-18(8-13-17-16-12-3-2-4-19(12)13)22(20,21)11-6-9(14)5-10(15)7-11/h5-7H,2-4,8H2,1H3. The van der Waals surface area contributed by atoms with E-state index in [1.165, 1.54) is 29.6 Å². The van der Waals surface area contributed by atoms with E-state index in [1.54, 1.807) is 0 Å². The first-order valence-electron chi connectivity index (χ1n) is 6.71. The molecule has 0 N–H and O–H groups in total. The summed E-state index contributed by atoms with van der Waals surface area (Å²) < 4.78 is 28.4. The normalized spacial score (nSPS) is 14.5. The maximum atomic E-state index is 12.6. The lowest BCUT2D eigenvalue weighted by Crippen LogP contribution is -2.28. The van der Waals surface area contributed by atoms with Gasteiger partial charge in [0.25, 0.3) is 0 Å². The van der Waals surface area contributed by atoms with Crippen LogP contribution in [0.1, 0.15) is 18.1 Å². The molecule has 1 aliphatic heterocycles. The summed E-state index contributed by atoms with van der Waals surface area (Å²) in [6.45, 7) is 0.980. The molecule has 0 spiro atoms. The van der Waals surface area contributed by atoms with Crippen molar-refractivity contribution in [2.45, 2.75) is 30.8 Å². The maximum Gasteiger partial charge on any atom is 0.243 e. The van der Waals surface area contributed by atoms with Gasteiger partial charge < -0.3 is 4.57 Å². The van der Waals surface area contributed by atoms with Gasteiger partial charge in [-0.2, -0.15) is 4.31 Å². The van der Waals surface area contributed by atoms with Crippen LogP contribution in [-0.2, 0) is 29.5 Å². The zero-order chi connectivity index (χ0) is 15.9. The third-order valence-corrected chi connectivity index (χ3v) is 5.81. The molecule has 1 aromatic carbocycles. The Morgan fingerprint density at radius 2 is 1.91 bits per heavy atom. The van der Waals surface area contributed by atoms with Crippen molar-refractivity contribution in [3.05, 3.63) is 39.9 Å². The van der Waals surface area contributed by atoms with Crippen molar-refractivity contribution in [2.75, 3.05) is 7.05 Å². The molecule has 9 heteroatoms. The lowest BCUT2D eigenvalue weighted by atomic mass is 10.4. The molecular formula is C13H14Cl2N4O2S. The predicted molar refractivity (Wildman–Crippen MR) is 83.5 cm³/mol. The molecule has 2 aromatic rings. The van der Waals surface area contributed by atoms with Gasteiger partial charge in [-0.1, -0.05) is 23.2 Å². The zero-order valence-electron chi connectivity index (χ0n) is 11.8. The Morgan fingerprint density at radius 3 is 2.59 bits per heavy atom. The molecule has 0 atom stereocenters. The van der Waals surface area contributed by atoms with Gasteiger partial charge in [0.15, 0.2) is 0 Å². The Labute approximate surface area is 138 Å². The summed E-state index contributed by atoms with van der Waals surface area (Å²) in [7, 11) is -2.19. The molecule has 0 unspecified atom stereocenters. The van der Waals surface area contributed by atoms with Crippen molar-refractivity contribution >= 4 is 33.2 Å². The van der Waals surface area contributed by atoms with Crippen LogP contribution in [0.4, 0.5) is 0 Å². The van der Waals surface area contributed by atoms with Gasteiger partial charge in [-0.15, -0.1) is 10.2 Å². The minimum absolute atomic E-state index is 0.0636. The summed E-state index contributed by atoms with van der Waals surface area (Å²) in [6, 6.07) is 4.26. The number of hydrogen-bond acceptors (Lipinski definition) is 4. The zero-order valence-corrected chi connectivity index (χ0v) is 14.2. The summed E-state index contributed by atoms with van der Waals surface area (Å²) >= 11 is 11.8. The van der Waals surface area contributed by atoms with Crippen LogP contribution in [0.15, 0.2) is 23.1 Å². The quantitative estimate of drug-likeness (QED) is 0.838. The van der Waals surface area contributed by atoms with Crippen LogP contribution in [0.25, 0.3) is 0 Å². The molecule has 0 amide bonds. The van der Waals surface area contributed by atoms with Crippen molar-refractivity contribution in [3.8, 4) is 0 Å². The van der Waals surface area contributed by atoms with Crippen LogP contribution in [0.2, 0.25) is 10.0 Å². The summed E-state index contributed by atoms with van der Waals surface area (Å²) in [5.41, 5.74) is 0. The van der Waals surface area contributed by atoms with Crippen LogP contribution in [-0.4, -0.2) is 34.5 Å². The first-order chi connectivity index (χ1) is 10.4. The van der Waals surface area contributed by atoms with Crippen molar-refractivity contribution in [3.63, 3.8) is 0 Å². The summed E-state index contributed by atoms with van der Waals surface area (Å²) in [5, 5.41) is 8.72. The molecule has 0 aliphatic carbocycles. The number of hydrogen-bond donors (Lipinski definition) is 0. The van der Waals surface area contributed by atoms with Gasteiger partial charge in [-0.3, -0.25) is 0 Å². The fourth-order valence-electron chi connectivity index (χ4n) is 2.47. The average molecular weight is 361 g/mol. The van der Waals surface area contributed by atoms with E-state index in [2.05, 4.69) is 10.2 Å². The first-order valence-corrected chi connectivity index (χ1v) is 8.91. The number of nitrogens with zero attached hydrogens (tertiary/aromatic N) is 4. The lowest BCUT2D eigenvalue weighted by molar-refractivity contribution is 0.447. The Hall–Kier alpha value is -1.15. The van der Waals surface area contributed by atoms with Crippen LogP contribution in [0.5, 0.6) is 0 Å². The Bertz CT molecular complexity index is 799. The smallest absolute Gasteiger partial charge is 0.243 e. The molecule has 0 bridgehead atoms. The van der Waals surface area contributed by atoms with Crippen LogP contribution in [0, 0.1) is 0 Å².